The molecular weight excluding hydrogens is 575 g/mol. The summed E-state index contributed by atoms with van der Waals surface area (Å²) in [6, 6.07) is 42.4. The van der Waals surface area contributed by atoms with Crippen LogP contribution in [0.2, 0.25) is 0 Å². The van der Waals surface area contributed by atoms with E-state index in [1.165, 1.54) is 55.6 Å². The number of rotatable bonds is 2. The van der Waals surface area contributed by atoms with E-state index in [4.69, 9.17) is 0 Å². The molecule has 6 rings (SSSR count). The Hall–Kier alpha value is -2.09. The molecule has 0 aromatic heterocycles. The molecule has 1 aliphatic carbocycles. The van der Waals surface area contributed by atoms with Gasteiger partial charge in [-0.25, -0.2) is 12.1 Å². The minimum absolute atomic E-state index is 0. The fourth-order valence-corrected chi connectivity index (χ4v) is 4.37. The maximum Gasteiger partial charge on any atom is -0.0195 e. The van der Waals surface area contributed by atoms with Gasteiger partial charge in [0, 0.05) is 0 Å². The monoisotopic (exact) mass is 600 g/mol. The molecule has 4 heteroatoms. The summed E-state index contributed by atoms with van der Waals surface area (Å²) in [6.07, 6.45) is 0.973. The molecule has 0 radical (unpaired) electrons. The second-order valence-electron chi connectivity index (χ2n) is 8.41. The molecule has 5 aromatic rings. The molecule has 0 nitrogen and oxygen atoms in total. The van der Waals surface area contributed by atoms with Gasteiger partial charge in [0.25, 0.3) is 0 Å². The smallest absolute Gasteiger partial charge is 0.0195 e. The number of hydrogen-bond acceptors (Lipinski definition) is 0. The van der Waals surface area contributed by atoms with Gasteiger partial charge < -0.3 is 24.8 Å². The summed E-state index contributed by atoms with van der Waals surface area (Å²) in [6.45, 7) is 6.19. The van der Waals surface area contributed by atoms with Crippen molar-refractivity contribution in [1.29, 1.82) is 0 Å². The molecule has 0 bridgehead atoms. The van der Waals surface area contributed by atoms with E-state index in [9.17, 15) is 0 Å². The third-order valence-corrected chi connectivity index (χ3v) is 6.30. The standard InChI is InChI=1S/C25H17.C7H9.2ClH.H2Si.Zr/c1-3-9-18(10-4-1)23-16-21-15-20-13-7-8-14-22(20)25(21)17-24(23)19-11-5-2-6-12-19;1-6-4-3-5-7(6)2;;;;/h1-14,17H,15H2;3-5H,1-2H3;2*1H;1H2;/q2*-1;;;;+2/p-2. The van der Waals surface area contributed by atoms with Crippen LogP contribution in [0.15, 0.2) is 109 Å². The van der Waals surface area contributed by atoms with Crippen molar-refractivity contribution < 1.29 is 48.1 Å². The van der Waals surface area contributed by atoms with Crippen LogP contribution in [0.25, 0.3) is 33.4 Å². The number of hydrogen-bond donors (Lipinski definition) is 0. The maximum absolute atomic E-state index is 3.76. The molecule has 0 N–H and O–H groups in total. The molecule has 0 atom stereocenters. The number of aryl methyl sites for hydroxylation is 2. The average Bonchev–Trinajstić information content (AvgIpc) is 3.47. The zero-order valence-corrected chi connectivity index (χ0v) is 25.9. The Bertz CT molecular complexity index is 1360. The zero-order valence-electron chi connectivity index (χ0n) is 20.6. The van der Waals surface area contributed by atoms with Gasteiger partial charge in [0.1, 0.15) is 0 Å². The molecule has 36 heavy (non-hydrogen) atoms. The quantitative estimate of drug-likeness (QED) is 0.208. The van der Waals surface area contributed by atoms with E-state index in [0.29, 0.717) is 0 Å². The van der Waals surface area contributed by atoms with Gasteiger partial charge in [-0.05, 0) is 12.0 Å². The Balaban J connectivity index is 0.000000359. The molecule has 0 saturated carbocycles. The van der Waals surface area contributed by atoms with Gasteiger partial charge in [0.15, 0.2) is 0 Å². The fraction of sp³-hybridized carbons (Fsp3) is 0.0938. The summed E-state index contributed by atoms with van der Waals surface area (Å²) in [5.41, 5.74) is 13.1. The fourth-order valence-electron chi connectivity index (χ4n) is 4.37. The van der Waals surface area contributed by atoms with E-state index in [0.717, 1.165) is 6.42 Å². The van der Waals surface area contributed by atoms with Crippen molar-refractivity contribution in [3.63, 3.8) is 0 Å². The van der Waals surface area contributed by atoms with Gasteiger partial charge in [-0.3, -0.25) is 0 Å². The Morgan fingerprint density at radius 3 is 1.83 bits per heavy atom. The molecular formula is C32H28Cl2SiZr-2. The van der Waals surface area contributed by atoms with Crippen LogP contribution in [0.5, 0.6) is 0 Å². The van der Waals surface area contributed by atoms with E-state index in [-0.39, 0.29) is 24.8 Å². The van der Waals surface area contributed by atoms with Gasteiger partial charge in [-0.2, -0.15) is 17.2 Å². The summed E-state index contributed by atoms with van der Waals surface area (Å²) < 4.78 is 0. The first kappa shape index (κ1) is 30.1. The van der Waals surface area contributed by atoms with Crippen LogP contribution in [-0.2, 0) is 29.8 Å². The third-order valence-electron chi connectivity index (χ3n) is 6.30. The van der Waals surface area contributed by atoms with Crippen molar-refractivity contribution in [3.05, 3.63) is 138 Å². The number of halogens is 2. The second kappa shape index (κ2) is 14.6. The molecule has 0 unspecified atom stereocenters. The molecule has 1 aliphatic rings. The van der Waals surface area contributed by atoms with E-state index in [2.05, 4.69) is 129 Å². The van der Waals surface area contributed by atoms with E-state index < -0.39 is 0 Å². The predicted molar refractivity (Wildman–Crippen MR) is 144 cm³/mol. The molecule has 0 amide bonds. The van der Waals surface area contributed by atoms with E-state index in [1.807, 2.05) is 6.88 Å². The first-order valence-electron chi connectivity index (χ1n) is 11.5. The zero-order chi connectivity index (χ0) is 23.9. The molecule has 5 aromatic carbocycles. The first-order valence-corrected chi connectivity index (χ1v) is 17.5. The summed E-state index contributed by atoms with van der Waals surface area (Å²) in [7, 11) is 0. The minimum atomic E-state index is 0. The van der Waals surface area contributed by atoms with Crippen molar-refractivity contribution in [2.24, 2.45) is 0 Å². The number of fused-ring (bicyclic) bond motifs is 3. The first-order chi connectivity index (χ1) is 16.7. The minimum Gasteiger partial charge on any atom is -0.138 e. The Morgan fingerprint density at radius 2 is 1.28 bits per heavy atom. The predicted octanol–water partition coefficient (Wildman–Crippen LogP) is 1.50. The van der Waals surface area contributed by atoms with Crippen LogP contribution >= 0.6 is 0 Å². The van der Waals surface area contributed by atoms with Crippen molar-refractivity contribution in [1.82, 2.24) is 0 Å². The average molecular weight is 603 g/mol. The van der Waals surface area contributed by atoms with Crippen LogP contribution < -0.4 is 24.8 Å². The summed E-state index contributed by atoms with van der Waals surface area (Å²) in [5.74, 6) is 0. The van der Waals surface area contributed by atoms with E-state index >= 15 is 0 Å². The maximum atomic E-state index is 3.76. The van der Waals surface area contributed by atoms with Crippen LogP contribution in [-0.4, -0.2) is 6.88 Å². The summed E-state index contributed by atoms with van der Waals surface area (Å²) in [5, 5.41) is 0. The molecule has 0 heterocycles. The molecule has 0 aliphatic heterocycles. The van der Waals surface area contributed by atoms with Gasteiger partial charge in [-0.1, -0.05) is 121 Å². The summed E-state index contributed by atoms with van der Waals surface area (Å²) in [4.78, 5) is 0. The van der Waals surface area contributed by atoms with Crippen LogP contribution in [0.4, 0.5) is 0 Å². The molecule has 0 fully saturated rings. The normalized spacial score (nSPS) is 10.2. The number of benzene rings is 4. The Morgan fingerprint density at radius 1 is 0.694 bits per heavy atom. The van der Waals surface area contributed by atoms with Gasteiger partial charge in [0.05, 0.1) is 0 Å². The van der Waals surface area contributed by atoms with E-state index in [1.54, 1.807) is 23.3 Å². The summed E-state index contributed by atoms with van der Waals surface area (Å²) >= 11 is 1.58. The van der Waals surface area contributed by atoms with Crippen molar-refractivity contribution in [2.45, 2.75) is 20.3 Å². The molecule has 0 spiro atoms. The third kappa shape index (κ3) is 6.81. The van der Waals surface area contributed by atoms with Crippen LogP contribution in [0, 0.1) is 19.9 Å². The van der Waals surface area contributed by atoms with Crippen molar-refractivity contribution >= 4 is 6.88 Å². The van der Waals surface area contributed by atoms with Crippen molar-refractivity contribution in [2.75, 3.05) is 0 Å². The topological polar surface area (TPSA) is 0 Å². The second-order valence-corrected chi connectivity index (χ2v) is 8.41. The van der Waals surface area contributed by atoms with Gasteiger partial charge >= 0.3 is 30.2 Å². The van der Waals surface area contributed by atoms with Crippen molar-refractivity contribution in [3.8, 4) is 33.4 Å². The SMILES string of the molecule is Cc1ccc[c-]1C.[Cl-].[Cl-].[SiH2]=[Zr+2].[c-]1c2c(cc(-c3ccccc3)c1-c1ccccc1)-c1ccccc1C2. The van der Waals surface area contributed by atoms with Crippen LogP contribution in [0.3, 0.4) is 0 Å². The van der Waals surface area contributed by atoms with Gasteiger partial charge in [-0.15, -0.1) is 28.8 Å². The Kier molecular flexibility index (Phi) is 12.2. The Labute approximate surface area is 244 Å². The molecule has 0 saturated heterocycles. The molecule has 180 valence electrons. The van der Waals surface area contributed by atoms with Gasteiger partial charge in [0.2, 0.25) is 0 Å². The van der Waals surface area contributed by atoms with Crippen LogP contribution in [0.1, 0.15) is 22.3 Å². The largest absolute Gasteiger partial charge is 0.138 e.